The van der Waals surface area contributed by atoms with E-state index < -0.39 is 82.6 Å². The zero-order chi connectivity index (χ0) is 38.5. The Morgan fingerprint density at radius 1 is 0.961 bits per heavy atom. The Balaban J connectivity index is 1.53. The number of nitrogens with one attached hydrogen (secondary N) is 1. The van der Waals surface area contributed by atoms with Crippen molar-refractivity contribution in [3.63, 3.8) is 0 Å². The van der Waals surface area contributed by atoms with E-state index in [9.17, 15) is 45.0 Å². The predicted octanol–water partition coefficient (Wildman–Crippen LogP) is 2.93. The van der Waals surface area contributed by atoms with Gasteiger partial charge in [-0.2, -0.15) is 0 Å². The Kier molecular flexibility index (Phi) is 11.9. The molecule has 12 nitrogen and oxygen atoms in total. The van der Waals surface area contributed by atoms with Crippen LogP contribution in [0.2, 0.25) is 0 Å². The second kappa shape index (κ2) is 14.6. The first-order chi connectivity index (χ1) is 23.4. The fourth-order valence-corrected chi connectivity index (χ4v) is 11.2. The molecule has 292 valence electrons. The molecule has 4 aliphatic rings. The van der Waals surface area contributed by atoms with Gasteiger partial charge in [0.1, 0.15) is 12.6 Å². The van der Waals surface area contributed by atoms with E-state index in [4.69, 9.17) is 4.74 Å². The first kappa shape index (κ1) is 41.7. The normalized spacial score (nSPS) is 36.9. The second-order valence-corrected chi connectivity index (χ2v) is 18.3. The SMILES string of the molecule is COC(=O)CNC(=O)C[C@@](C)(O)CC(=O)O[C@H]1[C@@H](O)C[C@@]2(C)C3=C(CC[C@H]2C1(C)C)[C@@]1(C)CC[C@H]([C@H](CO)CC[C@H](O)C(C)(C)O)[C@]1(C)[C@@H](O)C3. The molecule has 0 saturated heterocycles. The molecule has 11 atom stereocenters. The first-order valence-electron chi connectivity index (χ1n) is 18.7. The van der Waals surface area contributed by atoms with Crippen molar-refractivity contribution in [1.82, 2.24) is 5.32 Å². The van der Waals surface area contributed by atoms with E-state index in [-0.39, 0.29) is 36.3 Å². The third kappa shape index (κ3) is 7.65. The number of methoxy groups -OCH3 is 1. The Labute approximate surface area is 303 Å². The largest absolute Gasteiger partial charge is 0.468 e. The number of allylic oxidation sites excluding steroid dienone is 1. The number of amides is 1. The maximum absolute atomic E-state index is 13.2. The third-order valence-corrected chi connectivity index (χ3v) is 14.2. The summed E-state index contributed by atoms with van der Waals surface area (Å²) < 4.78 is 10.4. The summed E-state index contributed by atoms with van der Waals surface area (Å²) in [5, 5.41) is 68.5. The summed E-state index contributed by atoms with van der Waals surface area (Å²) >= 11 is 0. The molecule has 0 aromatic heterocycles. The minimum absolute atomic E-state index is 0.0143. The van der Waals surface area contributed by atoms with Crippen LogP contribution < -0.4 is 5.32 Å². The highest BCUT2D eigenvalue weighted by Gasteiger charge is 2.67. The number of ether oxygens (including phenoxy) is 2. The fraction of sp³-hybridized carbons (Fsp3) is 0.872. The van der Waals surface area contributed by atoms with Gasteiger partial charge in [0.15, 0.2) is 0 Å². The summed E-state index contributed by atoms with van der Waals surface area (Å²) in [6.45, 7) is 14.7. The molecule has 0 radical (unpaired) electrons. The molecule has 2 fully saturated rings. The zero-order valence-electron chi connectivity index (χ0n) is 32.3. The Morgan fingerprint density at radius 2 is 1.61 bits per heavy atom. The molecule has 12 heteroatoms. The molecule has 2 saturated carbocycles. The van der Waals surface area contributed by atoms with Crippen LogP contribution in [0.4, 0.5) is 0 Å². The molecule has 0 spiro atoms. The average Bonchev–Trinajstić information content (AvgIpc) is 3.30. The molecule has 51 heavy (non-hydrogen) atoms. The van der Waals surface area contributed by atoms with Gasteiger partial charge in [0, 0.05) is 17.4 Å². The zero-order valence-corrected chi connectivity index (χ0v) is 32.3. The molecule has 1 amide bonds. The molecular formula is C39H65NO11. The Hall–Kier alpha value is -2.09. The van der Waals surface area contributed by atoms with Crippen molar-refractivity contribution in [2.24, 2.45) is 39.4 Å². The van der Waals surface area contributed by atoms with Gasteiger partial charge < -0.3 is 45.4 Å². The summed E-state index contributed by atoms with van der Waals surface area (Å²) in [6, 6.07) is 0. The molecule has 4 aliphatic carbocycles. The number of aliphatic hydroxyl groups excluding tert-OH is 4. The number of fused-ring (bicyclic) bond motifs is 4. The molecule has 4 rings (SSSR count). The first-order valence-corrected chi connectivity index (χ1v) is 18.7. The molecule has 0 heterocycles. The van der Waals surface area contributed by atoms with Crippen molar-refractivity contribution in [3.05, 3.63) is 11.1 Å². The van der Waals surface area contributed by atoms with Gasteiger partial charge in [-0.05, 0) is 101 Å². The topological polar surface area (TPSA) is 203 Å². The molecular weight excluding hydrogens is 658 g/mol. The molecule has 0 aliphatic heterocycles. The van der Waals surface area contributed by atoms with Crippen LogP contribution in [-0.2, 0) is 23.9 Å². The van der Waals surface area contributed by atoms with Gasteiger partial charge in [-0.15, -0.1) is 0 Å². The van der Waals surface area contributed by atoms with Crippen LogP contribution in [0.3, 0.4) is 0 Å². The van der Waals surface area contributed by atoms with E-state index >= 15 is 0 Å². The van der Waals surface area contributed by atoms with Crippen molar-refractivity contribution >= 4 is 17.8 Å². The van der Waals surface area contributed by atoms with E-state index in [0.29, 0.717) is 25.7 Å². The van der Waals surface area contributed by atoms with Crippen LogP contribution >= 0.6 is 0 Å². The van der Waals surface area contributed by atoms with Gasteiger partial charge in [-0.25, -0.2) is 0 Å². The summed E-state index contributed by atoms with van der Waals surface area (Å²) in [7, 11) is 1.19. The van der Waals surface area contributed by atoms with Gasteiger partial charge in [-0.1, -0.05) is 45.8 Å². The maximum atomic E-state index is 13.2. The van der Waals surface area contributed by atoms with Gasteiger partial charge in [0.05, 0.1) is 49.5 Å². The van der Waals surface area contributed by atoms with Crippen LogP contribution in [0.15, 0.2) is 11.1 Å². The quantitative estimate of drug-likeness (QED) is 0.109. The lowest BCUT2D eigenvalue weighted by atomic mass is 9.42. The van der Waals surface area contributed by atoms with Gasteiger partial charge >= 0.3 is 11.9 Å². The number of hydrogen-bond donors (Lipinski definition) is 7. The standard InChI is InChI=1S/C39H65NO11/c1-34(2)27-12-11-24-25(16-29(44)39(8)23(14-15-38(24,39)7)22(21-41)10-13-28(43)35(3,4)48)37(27,6)17-26(42)33(34)51-31(46)19-36(5,49)18-30(45)40-20-32(47)50-9/h22-23,26-29,33,41-44,48-49H,10-21H2,1-9H3,(H,40,45)/t22-,23+,26-,27-,28-,29-,33-,36+,37-,38+,39+/m0/s1. The molecule has 0 unspecified atom stereocenters. The monoisotopic (exact) mass is 723 g/mol. The number of rotatable bonds is 13. The lowest BCUT2D eigenvalue weighted by Gasteiger charge is -2.64. The van der Waals surface area contributed by atoms with Crippen LogP contribution in [0, 0.1) is 39.4 Å². The van der Waals surface area contributed by atoms with E-state index in [1.54, 1.807) is 13.8 Å². The highest BCUT2D eigenvalue weighted by molar-refractivity contribution is 5.83. The highest BCUT2D eigenvalue weighted by atomic mass is 16.6. The van der Waals surface area contributed by atoms with Gasteiger partial charge in [0.25, 0.3) is 0 Å². The Morgan fingerprint density at radius 3 is 2.20 bits per heavy atom. The summed E-state index contributed by atoms with van der Waals surface area (Å²) in [6.07, 6.45) is 0.551. The number of hydrogen-bond acceptors (Lipinski definition) is 11. The van der Waals surface area contributed by atoms with Gasteiger partial charge in [0.2, 0.25) is 5.91 Å². The van der Waals surface area contributed by atoms with Crippen LogP contribution in [0.5, 0.6) is 0 Å². The Bertz CT molecular complexity index is 1350. The molecule has 0 aromatic rings. The van der Waals surface area contributed by atoms with Crippen molar-refractivity contribution in [2.45, 2.75) is 155 Å². The van der Waals surface area contributed by atoms with E-state index in [1.807, 2.05) is 13.8 Å². The maximum Gasteiger partial charge on any atom is 0.325 e. The lowest BCUT2D eigenvalue weighted by Crippen LogP contribution is -2.62. The van der Waals surface area contributed by atoms with Crippen molar-refractivity contribution < 1.29 is 54.5 Å². The molecule has 0 aromatic carbocycles. The summed E-state index contributed by atoms with van der Waals surface area (Å²) in [5.41, 5.74) is -2.47. The average molecular weight is 724 g/mol. The van der Waals surface area contributed by atoms with E-state index in [0.717, 1.165) is 25.7 Å². The van der Waals surface area contributed by atoms with Crippen molar-refractivity contribution in [3.8, 4) is 0 Å². The summed E-state index contributed by atoms with van der Waals surface area (Å²) in [4.78, 5) is 36.9. The fourth-order valence-electron chi connectivity index (χ4n) is 11.2. The lowest BCUT2D eigenvalue weighted by molar-refractivity contribution is -0.198. The van der Waals surface area contributed by atoms with Crippen LogP contribution in [-0.4, -0.2) is 104 Å². The highest BCUT2D eigenvalue weighted by Crippen LogP contribution is 2.72. The molecule has 0 bridgehead atoms. The number of carbonyl (C=O) groups is 3. The number of carbonyl (C=O) groups excluding carboxylic acids is 3. The number of esters is 2. The predicted molar refractivity (Wildman–Crippen MR) is 189 cm³/mol. The second-order valence-electron chi connectivity index (χ2n) is 18.3. The van der Waals surface area contributed by atoms with E-state index in [1.165, 1.54) is 25.2 Å². The molecule has 7 N–H and O–H groups in total. The third-order valence-electron chi connectivity index (χ3n) is 14.2. The smallest absolute Gasteiger partial charge is 0.325 e. The van der Waals surface area contributed by atoms with Crippen molar-refractivity contribution in [2.75, 3.05) is 20.3 Å². The van der Waals surface area contributed by atoms with Crippen molar-refractivity contribution in [1.29, 1.82) is 0 Å². The van der Waals surface area contributed by atoms with E-state index in [2.05, 4.69) is 30.8 Å². The van der Waals surface area contributed by atoms with Gasteiger partial charge in [-0.3, -0.25) is 14.4 Å². The van der Waals surface area contributed by atoms with Crippen LogP contribution in [0.25, 0.3) is 0 Å². The number of aliphatic hydroxyl groups is 6. The summed E-state index contributed by atoms with van der Waals surface area (Å²) in [5.74, 6) is -2.11. The minimum atomic E-state index is -1.75. The van der Waals surface area contributed by atoms with Crippen LogP contribution in [0.1, 0.15) is 120 Å². The minimum Gasteiger partial charge on any atom is -0.468 e.